The SMILES string of the molecule is CC1(NC(=O)c2ccc(Br)c(Cl)c2)CCNC1. The van der Waals surface area contributed by atoms with E-state index in [9.17, 15) is 4.79 Å². The molecule has 5 heteroatoms. The summed E-state index contributed by atoms with van der Waals surface area (Å²) in [5.41, 5.74) is 0.433. The summed E-state index contributed by atoms with van der Waals surface area (Å²) in [6.45, 7) is 3.80. The van der Waals surface area contributed by atoms with Crippen LogP contribution >= 0.6 is 27.5 Å². The first-order valence-electron chi connectivity index (χ1n) is 5.48. The number of amides is 1. The Morgan fingerprint density at radius 3 is 2.94 bits per heavy atom. The van der Waals surface area contributed by atoms with Crippen LogP contribution in [0.25, 0.3) is 0 Å². The Kier molecular flexibility index (Phi) is 3.76. The third-order valence-corrected chi connectivity index (χ3v) is 4.20. The number of benzene rings is 1. The zero-order valence-corrected chi connectivity index (χ0v) is 11.9. The molecule has 0 saturated carbocycles. The average molecular weight is 318 g/mol. The summed E-state index contributed by atoms with van der Waals surface area (Å²) in [5.74, 6) is -0.0781. The average Bonchev–Trinajstić information content (AvgIpc) is 2.69. The van der Waals surface area contributed by atoms with Crippen molar-refractivity contribution in [1.29, 1.82) is 0 Å². The highest BCUT2D eigenvalue weighted by Gasteiger charge is 2.30. The van der Waals surface area contributed by atoms with Crippen LogP contribution in [-0.4, -0.2) is 24.5 Å². The van der Waals surface area contributed by atoms with Gasteiger partial charge in [-0.3, -0.25) is 4.79 Å². The van der Waals surface area contributed by atoms with Crippen molar-refractivity contribution in [2.45, 2.75) is 18.9 Å². The molecule has 92 valence electrons. The first-order chi connectivity index (χ1) is 8.00. The van der Waals surface area contributed by atoms with E-state index in [1.54, 1.807) is 18.2 Å². The second-order valence-corrected chi connectivity index (χ2v) is 5.83. The number of carbonyl (C=O) groups is 1. The summed E-state index contributed by atoms with van der Waals surface area (Å²) in [6.07, 6.45) is 0.947. The molecule has 1 atom stereocenters. The van der Waals surface area contributed by atoms with Crippen LogP contribution in [-0.2, 0) is 0 Å². The van der Waals surface area contributed by atoms with Gasteiger partial charge in [-0.25, -0.2) is 0 Å². The standard InChI is InChI=1S/C12H14BrClN2O/c1-12(4-5-15-7-12)16-11(17)8-2-3-9(13)10(14)6-8/h2-3,6,15H,4-5,7H2,1H3,(H,16,17). The molecule has 0 aromatic heterocycles. The van der Waals surface area contributed by atoms with Crippen LogP contribution in [0.4, 0.5) is 0 Å². The summed E-state index contributed by atoms with van der Waals surface area (Å²) in [6, 6.07) is 5.22. The van der Waals surface area contributed by atoms with Crippen molar-refractivity contribution in [1.82, 2.24) is 10.6 Å². The van der Waals surface area contributed by atoms with Crippen LogP contribution in [0.2, 0.25) is 5.02 Å². The molecular formula is C12H14BrClN2O. The topological polar surface area (TPSA) is 41.1 Å². The fraction of sp³-hybridized carbons (Fsp3) is 0.417. The Bertz CT molecular complexity index is 444. The predicted octanol–water partition coefficient (Wildman–Crippen LogP) is 2.58. The third-order valence-electron chi connectivity index (χ3n) is 2.97. The van der Waals surface area contributed by atoms with Crippen LogP contribution in [0, 0.1) is 0 Å². The van der Waals surface area contributed by atoms with Crippen LogP contribution in [0.5, 0.6) is 0 Å². The molecular weight excluding hydrogens is 304 g/mol. The van der Waals surface area contributed by atoms with E-state index in [0.29, 0.717) is 10.6 Å². The fourth-order valence-electron chi connectivity index (χ4n) is 1.91. The van der Waals surface area contributed by atoms with Crippen molar-refractivity contribution >= 4 is 33.4 Å². The number of hydrogen-bond acceptors (Lipinski definition) is 2. The zero-order valence-electron chi connectivity index (χ0n) is 9.52. The van der Waals surface area contributed by atoms with E-state index in [1.807, 2.05) is 6.92 Å². The Morgan fingerprint density at radius 2 is 2.35 bits per heavy atom. The molecule has 1 aliphatic heterocycles. The summed E-state index contributed by atoms with van der Waals surface area (Å²) in [7, 11) is 0. The van der Waals surface area contributed by atoms with E-state index < -0.39 is 0 Å². The highest BCUT2D eigenvalue weighted by molar-refractivity contribution is 9.10. The van der Waals surface area contributed by atoms with Gasteiger partial charge in [-0.05, 0) is 54.0 Å². The minimum Gasteiger partial charge on any atom is -0.346 e. The van der Waals surface area contributed by atoms with Gasteiger partial charge >= 0.3 is 0 Å². The second kappa shape index (κ2) is 4.96. The van der Waals surface area contributed by atoms with Crippen molar-refractivity contribution in [3.63, 3.8) is 0 Å². The Balaban J connectivity index is 2.11. The van der Waals surface area contributed by atoms with E-state index in [-0.39, 0.29) is 11.4 Å². The van der Waals surface area contributed by atoms with Gasteiger partial charge in [-0.1, -0.05) is 11.6 Å². The molecule has 1 aromatic carbocycles. The van der Waals surface area contributed by atoms with Gasteiger partial charge in [0.05, 0.1) is 10.6 Å². The maximum Gasteiger partial charge on any atom is 0.251 e. The minimum atomic E-state index is -0.156. The molecule has 3 nitrogen and oxygen atoms in total. The van der Waals surface area contributed by atoms with Crippen molar-refractivity contribution in [3.05, 3.63) is 33.3 Å². The first-order valence-corrected chi connectivity index (χ1v) is 6.66. The van der Waals surface area contributed by atoms with Crippen LogP contribution in [0.3, 0.4) is 0 Å². The van der Waals surface area contributed by atoms with Gasteiger partial charge < -0.3 is 10.6 Å². The maximum atomic E-state index is 12.1. The van der Waals surface area contributed by atoms with Crippen molar-refractivity contribution in [2.24, 2.45) is 0 Å². The molecule has 2 rings (SSSR count). The van der Waals surface area contributed by atoms with Crippen molar-refractivity contribution in [3.8, 4) is 0 Å². The van der Waals surface area contributed by atoms with E-state index in [0.717, 1.165) is 24.0 Å². The number of rotatable bonds is 2. The minimum absolute atomic E-state index is 0.0781. The summed E-state index contributed by atoms with van der Waals surface area (Å²) in [4.78, 5) is 12.1. The Labute approximate surface area is 114 Å². The Morgan fingerprint density at radius 1 is 1.59 bits per heavy atom. The lowest BCUT2D eigenvalue weighted by Crippen LogP contribution is -2.47. The summed E-state index contributed by atoms with van der Waals surface area (Å²) in [5, 5.41) is 6.83. The summed E-state index contributed by atoms with van der Waals surface area (Å²) < 4.78 is 0.796. The normalized spacial score (nSPS) is 23.7. The quantitative estimate of drug-likeness (QED) is 0.880. The van der Waals surface area contributed by atoms with E-state index in [2.05, 4.69) is 26.6 Å². The predicted molar refractivity (Wildman–Crippen MR) is 72.5 cm³/mol. The smallest absolute Gasteiger partial charge is 0.251 e. The molecule has 2 N–H and O–H groups in total. The molecule has 1 unspecified atom stereocenters. The van der Waals surface area contributed by atoms with E-state index in [1.165, 1.54) is 0 Å². The molecule has 17 heavy (non-hydrogen) atoms. The molecule has 0 spiro atoms. The second-order valence-electron chi connectivity index (χ2n) is 4.57. The fourth-order valence-corrected chi connectivity index (χ4v) is 2.33. The molecule has 1 fully saturated rings. The molecule has 1 heterocycles. The zero-order chi connectivity index (χ0) is 12.5. The van der Waals surface area contributed by atoms with Gasteiger partial charge in [0.15, 0.2) is 0 Å². The van der Waals surface area contributed by atoms with Crippen LogP contribution in [0.15, 0.2) is 22.7 Å². The van der Waals surface area contributed by atoms with Gasteiger partial charge in [0.1, 0.15) is 0 Å². The number of carbonyl (C=O) groups excluding carboxylic acids is 1. The molecule has 0 radical (unpaired) electrons. The third kappa shape index (κ3) is 3.00. The first kappa shape index (κ1) is 12.9. The molecule has 0 bridgehead atoms. The lowest BCUT2D eigenvalue weighted by atomic mass is 10.0. The Hall–Kier alpha value is -0.580. The van der Waals surface area contributed by atoms with Gasteiger partial charge in [-0.2, -0.15) is 0 Å². The maximum absolute atomic E-state index is 12.1. The highest BCUT2D eigenvalue weighted by atomic mass is 79.9. The van der Waals surface area contributed by atoms with Gasteiger partial charge in [0, 0.05) is 16.6 Å². The van der Waals surface area contributed by atoms with E-state index in [4.69, 9.17) is 11.6 Å². The van der Waals surface area contributed by atoms with E-state index >= 15 is 0 Å². The van der Waals surface area contributed by atoms with Crippen LogP contribution in [0.1, 0.15) is 23.7 Å². The highest BCUT2D eigenvalue weighted by Crippen LogP contribution is 2.23. The van der Waals surface area contributed by atoms with Gasteiger partial charge in [-0.15, -0.1) is 0 Å². The molecule has 1 aliphatic rings. The largest absolute Gasteiger partial charge is 0.346 e. The molecule has 1 aromatic rings. The lowest BCUT2D eigenvalue weighted by molar-refractivity contribution is 0.0913. The van der Waals surface area contributed by atoms with Gasteiger partial charge in [0.2, 0.25) is 0 Å². The summed E-state index contributed by atoms with van der Waals surface area (Å²) >= 11 is 9.27. The number of nitrogens with one attached hydrogen (secondary N) is 2. The number of hydrogen-bond donors (Lipinski definition) is 2. The molecule has 0 aliphatic carbocycles. The lowest BCUT2D eigenvalue weighted by Gasteiger charge is -2.24. The van der Waals surface area contributed by atoms with Crippen molar-refractivity contribution < 1.29 is 4.79 Å². The molecule has 1 amide bonds. The van der Waals surface area contributed by atoms with Gasteiger partial charge in [0.25, 0.3) is 5.91 Å². The number of halogens is 2. The monoisotopic (exact) mass is 316 g/mol. The van der Waals surface area contributed by atoms with Crippen LogP contribution < -0.4 is 10.6 Å². The molecule has 1 saturated heterocycles. The van der Waals surface area contributed by atoms with Crippen molar-refractivity contribution in [2.75, 3.05) is 13.1 Å².